The maximum absolute atomic E-state index is 12.2. The molecule has 0 saturated carbocycles. The SMILES string of the molecule is CO[C@H](CNC(=O)N1CC[C@@H](CSC)C1)c1cccc(Cl)c1. The summed E-state index contributed by atoms with van der Waals surface area (Å²) in [5, 5.41) is 3.64. The van der Waals surface area contributed by atoms with Crippen LogP contribution < -0.4 is 5.32 Å². The molecule has 4 nitrogen and oxygen atoms in total. The summed E-state index contributed by atoms with van der Waals surface area (Å²) in [5.74, 6) is 1.74. The fourth-order valence-corrected chi connectivity index (χ4v) is 3.67. The Labute approximate surface area is 141 Å². The topological polar surface area (TPSA) is 41.6 Å². The maximum Gasteiger partial charge on any atom is 0.317 e. The third-order valence-electron chi connectivity index (χ3n) is 3.92. The number of nitrogens with zero attached hydrogens (tertiary/aromatic N) is 1. The van der Waals surface area contributed by atoms with Gasteiger partial charge >= 0.3 is 6.03 Å². The van der Waals surface area contributed by atoms with Crippen molar-refractivity contribution in [1.82, 2.24) is 10.2 Å². The number of methoxy groups -OCH3 is 1. The van der Waals surface area contributed by atoms with Crippen molar-refractivity contribution in [3.63, 3.8) is 0 Å². The van der Waals surface area contributed by atoms with Crippen molar-refractivity contribution in [2.24, 2.45) is 5.92 Å². The van der Waals surface area contributed by atoms with Gasteiger partial charge in [0.25, 0.3) is 0 Å². The molecule has 2 amide bonds. The number of amides is 2. The van der Waals surface area contributed by atoms with Gasteiger partial charge in [0.15, 0.2) is 0 Å². The molecular formula is C16H23ClN2O2S. The zero-order chi connectivity index (χ0) is 15.9. The van der Waals surface area contributed by atoms with Crippen LogP contribution in [0.5, 0.6) is 0 Å². The lowest BCUT2D eigenvalue weighted by Crippen LogP contribution is -2.40. The van der Waals surface area contributed by atoms with Crippen molar-refractivity contribution in [1.29, 1.82) is 0 Å². The standard InChI is InChI=1S/C16H23ClN2O2S/c1-21-15(13-4-3-5-14(17)8-13)9-18-16(20)19-7-6-12(10-19)11-22-2/h3-5,8,12,15H,6-7,9-11H2,1-2H3,(H,18,20)/t12-,15-/m1/s1. The Bertz CT molecular complexity index is 501. The molecule has 0 bridgehead atoms. The Hall–Kier alpha value is -0.910. The van der Waals surface area contributed by atoms with Crippen molar-refractivity contribution >= 4 is 29.4 Å². The number of nitrogens with one attached hydrogen (secondary N) is 1. The minimum absolute atomic E-state index is 0.00678. The van der Waals surface area contributed by atoms with Gasteiger partial charge in [-0.15, -0.1) is 0 Å². The third-order valence-corrected chi connectivity index (χ3v) is 4.96. The van der Waals surface area contributed by atoms with Gasteiger partial charge in [-0.05, 0) is 42.0 Å². The number of hydrogen-bond acceptors (Lipinski definition) is 3. The van der Waals surface area contributed by atoms with Gasteiger partial charge in [-0.3, -0.25) is 0 Å². The fraction of sp³-hybridized carbons (Fsp3) is 0.562. The van der Waals surface area contributed by atoms with Gasteiger partial charge in [-0.25, -0.2) is 4.79 Å². The highest BCUT2D eigenvalue weighted by molar-refractivity contribution is 7.98. The second kappa shape index (κ2) is 8.65. The molecule has 0 unspecified atom stereocenters. The van der Waals surface area contributed by atoms with Crippen LogP contribution in [0.2, 0.25) is 5.02 Å². The van der Waals surface area contributed by atoms with Crippen LogP contribution in [-0.4, -0.2) is 49.7 Å². The number of carbonyl (C=O) groups is 1. The Morgan fingerprint density at radius 2 is 2.41 bits per heavy atom. The lowest BCUT2D eigenvalue weighted by molar-refractivity contribution is 0.102. The molecule has 0 radical (unpaired) electrons. The van der Waals surface area contributed by atoms with Gasteiger partial charge in [0, 0.05) is 31.8 Å². The number of benzene rings is 1. The molecule has 1 saturated heterocycles. The average molecular weight is 343 g/mol. The van der Waals surface area contributed by atoms with Crippen LogP contribution in [0.3, 0.4) is 0 Å². The molecule has 1 fully saturated rings. The number of urea groups is 1. The van der Waals surface area contributed by atoms with Crippen molar-refractivity contribution in [2.75, 3.05) is 38.8 Å². The summed E-state index contributed by atoms with van der Waals surface area (Å²) >= 11 is 7.85. The van der Waals surface area contributed by atoms with Gasteiger partial charge < -0.3 is 15.0 Å². The van der Waals surface area contributed by atoms with Gasteiger partial charge in [-0.1, -0.05) is 23.7 Å². The lowest BCUT2D eigenvalue weighted by atomic mass is 10.1. The maximum atomic E-state index is 12.2. The molecule has 22 heavy (non-hydrogen) atoms. The Morgan fingerprint density at radius 1 is 1.59 bits per heavy atom. The molecule has 1 aromatic carbocycles. The van der Waals surface area contributed by atoms with E-state index in [4.69, 9.17) is 16.3 Å². The van der Waals surface area contributed by atoms with Gasteiger partial charge in [0.1, 0.15) is 0 Å². The first kappa shape index (κ1) is 17.4. The molecule has 2 atom stereocenters. The van der Waals surface area contributed by atoms with E-state index in [1.807, 2.05) is 40.9 Å². The molecule has 1 aliphatic heterocycles. The van der Waals surface area contributed by atoms with Crippen molar-refractivity contribution in [3.05, 3.63) is 34.9 Å². The van der Waals surface area contributed by atoms with Crippen LogP contribution >= 0.6 is 23.4 Å². The summed E-state index contributed by atoms with van der Waals surface area (Å²) in [6.07, 6.45) is 3.01. The number of carbonyl (C=O) groups excluding carboxylic acids is 1. The van der Waals surface area contributed by atoms with Crippen LogP contribution in [0, 0.1) is 5.92 Å². The molecule has 122 valence electrons. The van der Waals surface area contributed by atoms with E-state index in [-0.39, 0.29) is 12.1 Å². The highest BCUT2D eigenvalue weighted by Crippen LogP contribution is 2.21. The molecule has 1 heterocycles. The van der Waals surface area contributed by atoms with E-state index in [1.165, 1.54) is 0 Å². The van der Waals surface area contributed by atoms with Crippen LogP contribution in [0.4, 0.5) is 4.79 Å². The summed E-state index contributed by atoms with van der Waals surface area (Å²) in [4.78, 5) is 14.1. The molecule has 0 spiro atoms. The van der Waals surface area contributed by atoms with E-state index in [9.17, 15) is 4.79 Å². The zero-order valence-corrected chi connectivity index (χ0v) is 14.6. The number of likely N-dealkylation sites (tertiary alicyclic amines) is 1. The Morgan fingerprint density at radius 3 is 3.09 bits per heavy atom. The Balaban J connectivity index is 1.84. The first-order valence-electron chi connectivity index (χ1n) is 7.44. The molecular weight excluding hydrogens is 320 g/mol. The summed E-state index contributed by atoms with van der Waals surface area (Å²) in [6, 6.07) is 7.53. The smallest absolute Gasteiger partial charge is 0.317 e. The van der Waals surface area contributed by atoms with E-state index in [0.717, 1.165) is 30.8 Å². The average Bonchev–Trinajstić information content (AvgIpc) is 2.97. The third kappa shape index (κ3) is 4.80. The zero-order valence-electron chi connectivity index (χ0n) is 13.0. The van der Waals surface area contributed by atoms with Gasteiger partial charge in [0.2, 0.25) is 0 Å². The first-order valence-corrected chi connectivity index (χ1v) is 9.21. The van der Waals surface area contributed by atoms with E-state index in [1.54, 1.807) is 7.11 Å². The van der Waals surface area contributed by atoms with E-state index in [2.05, 4.69) is 11.6 Å². The lowest BCUT2D eigenvalue weighted by Gasteiger charge is -2.21. The fourth-order valence-electron chi connectivity index (χ4n) is 2.72. The molecule has 2 rings (SSSR count). The summed E-state index contributed by atoms with van der Waals surface area (Å²) in [7, 11) is 1.64. The highest BCUT2D eigenvalue weighted by Gasteiger charge is 2.26. The van der Waals surface area contributed by atoms with Crippen molar-refractivity contribution in [2.45, 2.75) is 12.5 Å². The first-order chi connectivity index (χ1) is 10.6. The minimum Gasteiger partial charge on any atom is -0.375 e. The largest absolute Gasteiger partial charge is 0.375 e. The number of thioether (sulfide) groups is 1. The summed E-state index contributed by atoms with van der Waals surface area (Å²) in [6.45, 7) is 2.13. The summed E-state index contributed by atoms with van der Waals surface area (Å²) in [5.41, 5.74) is 0.969. The molecule has 6 heteroatoms. The van der Waals surface area contributed by atoms with Crippen LogP contribution in [-0.2, 0) is 4.74 Å². The second-order valence-corrected chi connectivity index (χ2v) is 6.87. The van der Waals surface area contributed by atoms with Gasteiger partial charge in [-0.2, -0.15) is 11.8 Å². The van der Waals surface area contributed by atoms with Crippen molar-refractivity contribution < 1.29 is 9.53 Å². The predicted octanol–water partition coefficient (Wildman–Crippen LogP) is 3.42. The van der Waals surface area contributed by atoms with E-state index in [0.29, 0.717) is 17.5 Å². The van der Waals surface area contributed by atoms with Crippen LogP contribution in [0.1, 0.15) is 18.1 Å². The Kier molecular flexibility index (Phi) is 6.86. The van der Waals surface area contributed by atoms with E-state index < -0.39 is 0 Å². The number of ether oxygens (including phenoxy) is 1. The molecule has 0 aromatic heterocycles. The predicted molar refractivity (Wildman–Crippen MR) is 92.7 cm³/mol. The van der Waals surface area contributed by atoms with Crippen LogP contribution in [0.15, 0.2) is 24.3 Å². The number of rotatable bonds is 6. The highest BCUT2D eigenvalue weighted by atomic mass is 35.5. The monoisotopic (exact) mass is 342 g/mol. The second-order valence-electron chi connectivity index (χ2n) is 5.52. The number of hydrogen-bond donors (Lipinski definition) is 1. The van der Waals surface area contributed by atoms with Gasteiger partial charge in [0.05, 0.1) is 6.10 Å². The minimum atomic E-state index is -0.188. The molecule has 0 aliphatic carbocycles. The molecule has 1 N–H and O–H groups in total. The normalized spacial score (nSPS) is 19.2. The van der Waals surface area contributed by atoms with Crippen LogP contribution in [0.25, 0.3) is 0 Å². The van der Waals surface area contributed by atoms with Crippen molar-refractivity contribution in [3.8, 4) is 0 Å². The quantitative estimate of drug-likeness (QED) is 0.861. The summed E-state index contributed by atoms with van der Waals surface area (Å²) < 4.78 is 5.47. The molecule has 1 aliphatic rings. The molecule has 1 aromatic rings. The number of halogens is 1. The van der Waals surface area contributed by atoms with E-state index >= 15 is 0 Å².